The number of likely N-dealkylation sites (tertiary alicyclic amines) is 2. The Balaban J connectivity index is 1.42. The number of benzene rings is 1. The van der Waals surface area contributed by atoms with Gasteiger partial charge in [-0.1, -0.05) is 30.3 Å². The van der Waals surface area contributed by atoms with Crippen LogP contribution in [0.2, 0.25) is 0 Å². The van der Waals surface area contributed by atoms with Gasteiger partial charge < -0.3 is 14.5 Å². The Morgan fingerprint density at radius 3 is 2.70 bits per heavy atom. The summed E-state index contributed by atoms with van der Waals surface area (Å²) < 4.78 is 5.67. The summed E-state index contributed by atoms with van der Waals surface area (Å²) in [6.45, 7) is 7.47. The van der Waals surface area contributed by atoms with Crippen molar-refractivity contribution in [1.82, 2.24) is 9.80 Å². The molecule has 1 aromatic rings. The summed E-state index contributed by atoms with van der Waals surface area (Å²) in [5.74, 6) is 0.412. The normalized spacial score (nSPS) is 22.9. The van der Waals surface area contributed by atoms with Crippen molar-refractivity contribution in [1.29, 1.82) is 0 Å². The number of carbonyl (C=O) groups excluding carboxylic acids is 2. The minimum Gasteiger partial charge on any atom is -0.377 e. The lowest BCUT2D eigenvalue weighted by molar-refractivity contribution is -0.148. The molecule has 0 bridgehead atoms. The highest BCUT2D eigenvalue weighted by molar-refractivity contribution is 5.86. The molecule has 0 radical (unpaired) electrons. The number of amides is 2. The average Bonchev–Trinajstić information content (AvgIpc) is 3.09. The van der Waals surface area contributed by atoms with Crippen LogP contribution < -0.4 is 0 Å². The third-order valence-corrected chi connectivity index (χ3v) is 5.89. The van der Waals surface area contributed by atoms with Crippen molar-refractivity contribution in [3.05, 3.63) is 35.9 Å². The minimum atomic E-state index is -0.331. The van der Waals surface area contributed by atoms with Crippen LogP contribution >= 0.6 is 0 Å². The van der Waals surface area contributed by atoms with Crippen LogP contribution in [-0.2, 0) is 20.9 Å². The molecule has 2 saturated heterocycles. The van der Waals surface area contributed by atoms with E-state index in [-0.39, 0.29) is 23.3 Å². The third-order valence-electron chi connectivity index (χ3n) is 5.89. The lowest BCUT2D eigenvalue weighted by Crippen LogP contribution is -2.52. The van der Waals surface area contributed by atoms with E-state index in [1.165, 1.54) is 0 Å². The van der Waals surface area contributed by atoms with Crippen LogP contribution in [0.15, 0.2) is 30.3 Å². The molecule has 2 amide bonds. The molecule has 1 unspecified atom stereocenters. The van der Waals surface area contributed by atoms with Crippen LogP contribution in [0.1, 0.15) is 51.5 Å². The first-order valence-electron chi connectivity index (χ1n) is 10.2. The summed E-state index contributed by atoms with van der Waals surface area (Å²) in [6, 6.07) is 10.3. The van der Waals surface area contributed by atoms with E-state index >= 15 is 0 Å². The zero-order chi connectivity index (χ0) is 19.3. The van der Waals surface area contributed by atoms with E-state index in [1.807, 2.05) is 40.1 Å². The van der Waals surface area contributed by atoms with E-state index < -0.39 is 0 Å². The first-order valence-corrected chi connectivity index (χ1v) is 10.2. The van der Waals surface area contributed by atoms with E-state index in [0.29, 0.717) is 32.7 Å². The van der Waals surface area contributed by atoms with Gasteiger partial charge in [0.1, 0.15) is 0 Å². The molecule has 2 aliphatic heterocycles. The molecular weight excluding hydrogens is 340 g/mol. The number of rotatable bonds is 7. The number of piperidine rings is 1. The van der Waals surface area contributed by atoms with Gasteiger partial charge in [0.25, 0.3) is 0 Å². The maximum absolute atomic E-state index is 13.0. The van der Waals surface area contributed by atoms with Gasteiger partial charge in [0.05, 0.1) is 12.0 Å². The molecule has 2 heterocycles. The average molecular weight is 373 g/mol. The summed E-state index contributed by atoms with van der Waals surface area (Å²) in [5.41, 5.74) is 0.818. The second-order valence-corrected chi connectivity index (χ2v) is 8.18. The Bertz CT molecular complexity index is 646. The molecule has 5 nitrogen and oxygen atoms in total. The van der Waals surface area contributed by atoms with Gasteiger partial charge in [0, 0.05) is 38.7 Å². The number of hydrogen-bond donors (Lipinski definition) is 0. The van der Waals surface area contributed by atoms with Gasteiger partial charge >= 0.3 is 0 Å². The lowest BCUT2D eigenvalue weighted by Gasteiger charge is -2.41. The molecule has 2 fully saturated rings. The molecular formula is C22H32N2O3. The van der Waals surface area contributed by atoms with E-state index in [9.17, 15) is 9.59 Å². The number of nitrogens with zero attached hydrogens (tertiary/aromatic N) is 2. The highest BCUT2D eigenvalue weighted by atomic mass is 16.5. The Morgan fingerprint density at radius 1 is 1.19 bits per heavy atom. The quantitative estimate of drug-likeness (QED) is 0.691. The fourth-order valence-corrected chi connectivity index (χ4v) is 4.31. The van der Waals surface area contributed by atoms with Crippen molar-refractivity contribution in [2.75, 3.05) is 26.2 Å². The maximum atomic E-state index is 13.0. The summed E-state index contributed by atoms with van der Waals surface area (Å²) >= 11 is 0. The van der Waals surface area contributed by atoms with E-state index in [4.69, 9.17) is 4.74 Å². The molecule has 2 aliphatic rings. The summed E-state index contributed by atoms with van der Waals surface area (Å²) in [5, 5.41) is 0. The van der Waals surface area contributed by atoms with Gasteiger partial charge in [-0.2, -0.15) is 0 Å². The molecule has 0 aromatic heterocycles. The van der Waals surface area contributed by atoms with E-state index in [0.717, 1.165) is 37.8 Å². The van der Waals surface area contributed by atoms with Gasteiger partial charge in [-0.25, -0.2) is 0 Å². The molecule has 3 rings (SSSR count). The smallest absolute Gasteiger partial charge is 0.230 e. The Kier molecular flexibility index (Phi) is 6.53. The largest absolute Gasteiger partial charge is 0.377 e. The van der Waals surface area contributed by atoms with Crippen molar-refractivity contribution in [2.45, 2.75) is 58.6 Å². The number of hydrogen-bond acceptors (Lipinski definition) is 3. The molecule has 1 spiro atoms. The molecule has 148 valence electrons. The van der Waals surface area contributed by atoms with Gasteiger partial charge in [0.2, 0.25) is 11.8 Å². The predicted molar refractivity (Wildman–Crippen MR) is 105 cm³/mol. The minimum absolute atomic E-state index is 0.157. The molecule has 0 N–H and O–H groups in total. The van der Waals surface area contributed by atoms with Gasteiger partial charge in [0.15, 0.2) is 0 Å². The lowest BCUT2D eigenvalue weighted by atomic mass is 9.78. The maximum Gasteiger partial charge on any atom is 0.230 e. The highest BCUT2D eigenvalue weighted by Gasteiger charge is 2.49. The van der Waals surface area contributed by atoms with Gasteiger partial charge in [-0.05, 0) is 45.1 Å². The Labute approximate surface area is 162 Å². The number of carbonyl (C=O) groups is 2. The fraction of sp³-hybridized carbons (Fsp3) is 0.636. The van der Waals surface area contributed by atoms with Crippen molar-refractivity contribution in [3.63, 3.8) is 0 Å². The van der Waals surface area contributed by atoms with Crippen molar-refractivity contribution < 1.29 is 14.3 Å². The second kappa shape index (κ2) is 8.87. The molecule has 5 heteroatoms. The fourth-order valence-electron chi connectivity index (χ4n) is 4.31. The van der Waals surface area contributed by atoms with Crippen LogP contribution in [-0.4, -0.2) is 53.9 Å². The first-order chi connectivity index (χ1) is 13.0. The monoisotopic (exact) mass is 372 g/mol. The topological polar surface area (TPSA) is 49.9 Å². The Hall–Kier alpha value is -1.88. The molecule has 1 aromatic carbocycles. The number of ether oxygens (including phenoxy) is 1. The van der Waals surface area contributed by atoms with Crippen LogP contribution in [0.25, 0.3) is 0 Å². The van der Waals surface area contributed by atoms with E-state index in [1.54, 1.807) is 0 Å². The third kappa shape index (κ3) is 4.70. The zero-order valence-corrected chi connectivity index (χ0v) is 16.7. The Morgan fingerprint density at radius 2 is 1.96 bits per heavy atom. The predicted octanol–water partition coefficient (Wildman–Crippen LogP) is 3.23. The van der Waals surface area contributed by atoms with Gasteiger partial charge in [-0.15, -0.1) is 0 Å². The summed E-state index contributed by atoms with van der Waals surface area (Å²) in [6.07, 6.45) is 3.98. The standard InChI is InChI=1S/C22H32N2O3/c1-18(2)24-13-7-11-22(21(24)26)12-14-23(17-22)20(25)10-6-15-27-16-19-8-4-3-5-9-19/h3-5,8-9,18H,6-7,10-17H2,1-2H3. The summed E-state index contributed by atoms with van der Waals surface area (Å²) in [4.78, 5) is 29.4. The zero-order valence-electron chi connectivity index (χ0n) is 16.7. The van der Waals surface area contributed by atoms with Crippen LogP contribution in [0.3, 0.4) is 0 Å². The first kappa shape index (κ1) is 19.9. The van der Waals surface area contributed by atoms with Crippen molar-refractivity contribution in [2.24, 2.45) is 5.41 Å². The van der Waals surface area contributed by atoms with Crippen LogP contribution in [0, 0.1) is 5.41 Å². The summed E-state index contributed by atoms with van der Waals surface area (Å²) in [7, 11) is 0. The molecule has 0 aliphatic carbocycles. The molecule has 27 heavy (non-hydrogen) atoms. The second-order valence-electron chi connectivity index (χ2n) is 8.18. The molecule has 1 atom stereocenters. The van der Waals surface area contributed by atoms with Crippen molar-refractivity contribution >= 4 is 11.8 Å². The molecule has 0 saturated carbocycles. The van der Waals surface area contributed by atoms with Gasteiger partial charge in [-0.3, -0.25) is 9.59 Å². The van der Waals surface area contributed by atoms with Crippen LogP contribution in [0.5, 0.6) is 0 Å². The van der Waals surface area contributed by atoms with Crippen molar-refractivity contribution in [3.8, 4) is 0 Å². The van der Waals surface area contributed by atoms with Crippen LogP contribution in [0.4, 0.5) is 0 Å². The van der Waals surface area contributed by atoms with E-state index in [2.05, 4.69) is 13.8 Å². The SMILES string of the molecule is CC(C)N1CCCC2(CCN(C(=O)CCCOCc3ccccc3)C2)C1=O. The highest BCUT2D eigenvalue weighted by Crippen LogP contribution is 2.40.